The summed E-state index contributed by atoms with van der Waals surface area (Å²) < 4.78 is 6.73. The van der Waals surface area contributed by atoms with Crippen LogP contribution in [-0.4, -0.2) is 16.2 Å². The first-order valence-electron chi connectivity index (χ1n) is 7.63. The molecular weight excluding hydrogens is 330 g/mol. The molecule has 0 amide bonds. The SMILES string of the molecule is Brc1ccccc1-c1nnc(CNC2CCCCCC2)o1. The fourth-order valence-electron chi connectivity index (χ4n) is 2.78. The van der Waals surface area contributed by atoms with E-state index in [9.17, 15) is 0 Å². The van der Waals surface area contributed by atoms with Crippen LogP contribution < -0.4 is 5.32 Å². The topological polar surface area (TPSA) is 51.0 Å². The average Bonchev–Trinajstić information content (AvgIpc) is 2.81. The van der Waals surface area contributed by atoms with Gasteiger partial charge in [-0.3, -0.25) is 0 Å². The largest absolute Gasteiger partial charge is 0.419 e. The van der Waals surface area contributed by atoms with E-state index in [0.29, 0.717) is 24.4 Å². The van der Waals surface area contributed by atoms with Gasteiger partial charge in [-0.1, -0.05) is 37.8 Å². The summed E-state index contributed by atoms with van der Waals surface area (Å²) in [6, 6.07) is 8.47. The van der Waals surface area contributed by atoms with Crippen LogP contribution in [0.3, 0.4) is 0 Å². The summed E-state index contributed by atoms with van der Waals surface area (Å²) >= 11 is 3.51. The third kappa shape index (κ3) is 3.92. The van der Waals surface area contributed by atoms with Crippen LogP contribution in [0.1, 0.15) is 44.4 Å². The van der Waals surface area contributed by atoms with Gasteiger partial charge in [0.05, 0.1) is 12.1 Å². The second kappa shape index (κ2) is 7.18. The van der Waals surface area contributed by atoms with Crippen LogP contribution in [0.4, 0.5) is 0 Å². The fourth-order valence-corrected chi connectivity index (χ4v) is 3.24. The Balaban J connectivity index is 1.61. The van der Waals surface area contributed by atoms with E-state index in [2.05, 4.69) is 31.4 Å². The molecule has 1 heterocycles. The van der Waals surface area contributed by atoms with Gasteiger partial charge in [-0.2, -0.15) is 0 Å². The smallest absolute Gasteiger partial charge is 0.248 e. The Morgan fingerprint density at radius 2 is 1.86 bits per heavy atom. The van der Waals surface area contributed by atoms with Crippen molar-refractivity contribution in [3.8, 4) is 11.5 Å². The van der Waals surface area contributed by atoms with Crippen molar-refractivity contribution < 1.29 is 4.42 Å². The zero-order valence-electron chi connectivity index (χ0n) is 12.0. The third-order valence-corrected chi connectivity index (χ3v) is 4.66. The molecule has 1 aliphatic carbocycles. The highest BCUT2D eigenvalue weighted by Gasteiger charge is 2.14. The van der Waals surface area contributed by atoms with Crippen molar-refractivity contribution in [2.45, 2.75) is 51.1 Å². The van der Waals surface area contributed by atoms with Gasteiger partial charge >= 0.3 is 0 Å². The summed E-state index contributed by atoms with van der Waals surface area (Å²) in [5.41, 5.74) is 0.936. The first kappa shape index (κ1) is 14.7. The lowest BCUT2D eigenvalue weighted by molar-refractivity contribution is 0.411. The summed E-state index contributed by atoms with van der Waals surface area (Å²) in [4.78, 5) is 0. The Bertz CT molecular complexity index is 576. The lowest BCUT2D eigenvalue weighted by atomic mass is 10.1. The van der Waals surface area contributed by atoms with Gasteiger partial charge in [0.25, 0.3) is 0 Å². The van der Waals surface area contributed by atoms with Crippen molar-refractivity contribution >= 4 is 15.9 Å². The summed E-state index contributed by atoms with van der Waals surface area (Å²) in [5, 5.41) is 11.8. The van der Waals surface area contributed by atoms with Gasteiger partial charge in [0.15, 0.2) is 0 Å². The molecule has 1 N–H and O–H groups in total. The standard InChI is InChI=1S/C16H20BrN3O/c17-14-10-6-5-9-13(14)16-20-19-15(21-16)11-18-12-7-3-1-2-4-8-12/h5-6,9-10,12,18H,1-4,7-8,11H2. The maximum absolute atomic E-state index is 5.76. The molecule has 2 aromatic rings. The molecule has 5 heteroatoms. The van der Waals surface area contributed by atoms with E-state index >= 15 is 0 Å². The van der Waals surface area contributed by atoms with Crippen molar-refractivity contribution in [3.05, 3.63) is 34.6 Å². The van der Waals surface area contributed by atoms with Crippen molar-refractivity contribution in [3.63, 3.8) is 0 Å². The maximum Gasteiger partial charge on any atom is 0.248 e. The summed E-state index contributed by atoms with van der Waals surface area (Å²) in [5.74, 6) is 1.23. The zero-order chi connectivity index (χ0) is 14.5. The molecule has 1 saturated carbocycles. The van der Waals surface area contributed by atoms with Crippen LogP contribution in [0.5, 0.6) is 0 Å². The Labute approximate surface area is 133 Å². The number of hydrogen-bond acceptors (Lipinski definition) is 4. The molecule has 21 heavy (non-hydrogen) atoms. The highest BCUT2D eigenvalue weighted by atomic mass is 79.9. The molecule has 0 unspecified atom stereocenters. The molecular formula is C16H20BrN3O. The quantitative estimate of drug-likeness (QED) is 0.835. The van der Waals surface area contributed by atoms with Crippen LogP contribution in [-0.2, 0) is 6.54 Å². The molecule has 1 fully saturated rings. The van der Waals surface area contributed by atoms with Gasteiger partial charge in [-0.15, -0.1) is 10.2 Å². The normalized spacial score (nSPS) is 16.8. The summed E-state index contributed by atoms with van der Waals surface area (Å²) in [7, 11) is 0. The van der Waals surface area contributed by atoms with Gasteiger partial charge in [0.1, 0.15) is 0 Å². The van der Waals surface area contributed by atoms with Gasteiger partial charge in [-0.05, 0) is 40.9 Å². The molecule has 1 aromatic heterocycles. The average molecular weight is 350 g/mol. The molecule has 0 saturated heterocycles. The van der Waals surface area contributed by atoms with Crippen LogP contribution in [0, 0.1) is 0 Å². The molecule has 0 aliphatic heterocycles. The van der Waals surface area contributed by atoms with Gasteiger partial charge in [0.2, 0.25) is 11.8 Å². The summed E-state index contributed by atoms with van der Waals surface area (Å²) in [6.45, 7) is 0.655. The number of benzene rings is 1. The minimum Gasteiger partial charge on any atom is -0.419 e. The first-order chi connectivity index (χ1) is 10.3. The minimum atomic E-state index is 0.570. The second-order valence-electron chi connectivity index (χ2n) is 5.55. The predicted molar refractivity (Wildman–Crippen MR) is 85.8 cm³/mol. The molecule has 4 nitrogen and oxygen atoms in total. The molecule has 0 bridgehead atoms. The van der Waals surface area contributed by atoms with E-state index < -0.39 is 0 Å². The molecule has 1 aliphatic rings. The molecule has 0 spiro atoms. The first-order valence-corrected chi connectivity index (χ1v) is 8.43. The number of halogens is 1. The number of rotatable bonds is 4. The lowest BCUT2D eigenvalue weighted by Gasteiger charge is -2.14. The Morgan fingerprint density at radius 1 is 1.10 bits per heavy atom. The van der Waals surface area contributed by atoms with E-state index in [1.165, 1.54) is 38.5 Å². The molecule has 3 rings (SSSR count). The molecule has 0 radical (unpaired) electrons. The molecule has 112 valence electrons. The Hall–Kier alpha value is -1.20. The van der Waals surface area contributed by atoms with Crippen molar-refractivity contribution in [2.24, 2.45) is 0 Å². The van der Waals surface area contributed by atoms with Crippen LogP contribution in [0.15, 0.2) is 33.2 Å². The van der Waals surface area contributed by atoms with Crippen LogP contribution >= 0.6 is 15.9 Å². The Morgan fingerprint density at radius 3 is 2.62 bits per heavy atom. The van der Waals surface area contributed by atoms with Gasteiger partial charge in [0, 0.05) is 10.5 Å². The van der Waals surface area contributed by atoms with Crippen molar-refractivity contribution in [1.29, 1.82) is 0 Å². The van der Waals surface area contributed by atoms with Crippen LogP contribution in [0.2, 0.25) is 0 Å². The number of nitrogens with one attached hydrogen (secondary N) is 1. The number of hydrogen-bond donors (Lipinski definition) is 1. The fraction of sp³-hybridized carbons (Fsp3) is 0.500. The lowest BCUT2D eigenvalue weighted by Crippen LogP contribution is -2.27. The highest BCUT2D eigenvalue weighted by molar-refractivity contribution is 9.10. The molecule has 0 atom stereocenters. The zero-order valence-corrected chi connectivity index (χ0v) is 13.6. The van der Waals surface area contributed by atoms with E-state index in [4.69, 9.17) is 4.42 Å². The van der Waals surface area contributed by atoms with E-state index in [-0.39, 0.29) is 0 Å². The summed E-state index contributed by atoms with van der Waals surface area (Å²) in [6.07, 6.45) is 7.89. The van der Waals surface area contributed by atoms with Gasteiger partial charge < -0.3 is 9.73 Å². The third-order valence-electron chi connectivity index (χ3n) is 3.97. The van der Waals surface area contributed by atoms with Crippen molar-refractivity contribution in [2.75, 3.05) is 0 Å². The Kier molecular flexibility index (Phi) is 5.04. The number of nitrogens with zero attached hydrogens (tertiary/aromatic N) is 2. The van der Waals surface area contributed by atoms with Crippen LogP contribution in [0.25, 0.3) is 11.5 Å². The van der Waals surface area contributed by atoms with Crippen molar-refractivity contribution in [1.82, 2.24) is 15.5 Å². The minimum absolute atomic E-state index is 0.570. The van der Waals surface area contributed by atoms with Gasteiger partial charge in [-0.25, -0.2) is 0 Å². The van der Waals surface area contributed by atoms with E-state index in [1.807, 2.05) is 24.3 Å². The van der Waals surface area contributed by atoms with E-state index in [1.54, 1.807) is 0 Å². The maximum atomic E-state index is 5.76. The monoisotopic (exact) mass is 349 g/mol. The number of aromatic nitrogens is 2. The molecule has 1 aromatic carbocycles. The highest BCUT2D eigenvalue weighted by Crippen LogP contribution is 2.26. The predicted octanol–water partition coefficient (Wildman–Crippen LogP) is 4.31. The van der Waals surface area contributed by atoms with E-state index in [0.717, 1.165) is 10.0 Å². The second-order valence-corrected chi connectivity index (χ2v) is 6.40.